The monoisotopic (exact) mass is 375 g/mol. The van der Waals surface area contributed by atoms with Crippen molar-refractivity contribution in [3.63, 3.8) is 0 Å². The minimum Gasteiger partial charge on any atom is -0.360 e. The highest BCUT2D eigenvalue weighted by Gasteiger charge is 2.29. The number of carbonyl (C=O) groups is 1. The number of ketones is 1. The Labute approximate surface area is 159 Å². The third-order valence-corrected chi connectivity index (χ3v) is 5.86. The van der Waals surface area contributed by atoms with E-state index in [4.69, 9.17) is 0 Å². The number of Topliss-reactive ketones (excluding diaryl/α,β-unsaturated/α-hetero) is 1. The third-order valence-electron chi connectivity index (χ3n) is 4.91. The van der Waals surface area contributed by atoms with Gasteiger partial charge in [-0.15, -0.1) is 0 Å². The van der Waals surface area contributed by atoms with E-state index in [1.807, 2.05) is 48.5 Å². The molecule has 0 saturated heterocycles. The number of fused-ring (bicyclic) bond motifs is 2. The van der Waals surface area contributed by atoms with E-state index in [2.05, 4.69) is 9.97 Å². The van der Waals surface area contributed by atoms with E-state index in [1.54, 1.807) is 10.8 Å². The van der Waals surface area contributed by atoms with Crippen molar-refractivity contribution in [2.75, 3.05) is 5.75 Å². The maximum atomic E-state index is 12.9. The van der Waals surface area contributed by atoms with Gasteiger partial charge < -0.3 is 4.98 Å². The van der Waals surface area contributed by atoms with E-state index in [-0.39, 0.29) is 23.1 Å². The second kappa shape index (κ2) is 6.39. The summed E-state index contributed by atoms with van der Waals surface area (Å²) >= 11 is 1.35. The number of thioether (sulfide) groups is 1. The lowest BCUT2D eigenvalue weighted by Gasteiger charge is -2.11. The zero-order valence-electron chi connectivity index (χ0n) is 14.5. The van der Waals surface area contributed by atoms with Crippen LogP contribution in [0.25, 0.3) is 21.8 Å². The molecular weight excluding hydrogens is 358 g/mol. The number of para-hydroxylation sites is 2. The van der Waals surface area contributed by atoms with Gasteiger partial charge in [-0.2, -0.15) is 0 Å². The summed E-state index contributed by atoms with van der Waals surface area (Å²) in [5.74, 6) is 0.279. The van der Waals surface area contributed by atoms with E-state index in [0.29, 0.717) is 21.6 Å². The van der Waals surface area contributed by atoms with Gasteiger partial charge >= 0.3 is 0 Å². The van der Waals surface area contributed by atoms with Gasteiger partial charge in [0.05, 0.1) is 16.7 Å². The van der Waals surface area contributed by atoms with Crippen LogP contribution in [0, 0.1) is 0 Å². The molecule has 0 bridgehead atoms. The van der Waals surface area contributed by atoms with Crippen molar-refractivity contribution < 1.29 is 4.79 Å². The second-order valence-electron chi connectivity index (χ2n) is 6.78. The van der Waals surface area contributed by atoms with Gasteiger partial charge in [-0.05, 0) is 31.0 Å². The molecule has 1 fully saturated rings. The second-order valence-corrected chi connectivity index (χ2v) is 7.72. The summed E-state index contributed by atoms with van der Waals surface area (Å²) in [5.41, 5.74) is 2.30. The van der Waals surface area contributed by atoms with Gasteiger partial charge in [0.15, 0.2) is 10.9 Å². The van der Waals surface area contributed by atoms with Crippen LogP contribution in [0.5, 0.6) is 0 Å². The molecule has 1 aliphatic rings. The number of benzene rings is 2. The van der Waals surface area contributed by atoms with Crippen molar-refractivity contribution in [1.29, 1.82) is 0 Å². The van der Waals surface area contributed by atoms with Gasteiger partial charge in [0.2, 0.25) is 0 Å². The SMILES string of the molecule is O=C(CSc1nc2ccccc2c(=O)n1C1CC1)c1c[nH]c2ccccc12. The quantitative estimate of drug-likeness (QED) is 0.323. The summed E-state index contributed by atoms with van der Waals surface area (Å²) in [6, 6.07) is 15.4. The summed E-state index contributed by atoms with van der Waals surface area (Å²) in [6.07, 6.45) is 3.74. The van der Waals surface area contributed by atoms with E-state index in [9.17, 15) is 9.59 Å². The van der Waals surface area contributed by atoms with Crippen LogP contribution in [0.15, 0.2) is 64.7 Å². The average molecular weight is 375 g/mol. The molecule has 0 aliphatic heterocycles. The number of nitrogens with zero attached hydrogens (tertiary/aromatic N) is 2. The highest BCUT2D eigenvalue weighted by molar-refractivity contribution is 7.99. The van der Waals surface area contributed by atoms with E-state index < -0.39 is 0 Å². The molecule has 27 heavy (non-hydrogen) atoms. The zero-order valence-corrected chi connectivity index (χ0v) is 15.3. The lowest BCUT2D eigenvalue weighted by Crippen LogP contribution is -2.22. The van der Waals surface area contributed by atoms with Crippen LogP contribution in [0.2, 0.25) is 0 Å². The molecule has 1 saturated carbocycles. The Morgan fingerprint density at radius 2 is 1.85 bits per heavy atom. The number of nitrogens with one attached hydrogen (secondary N) is 1. The molecule has 134 valence electrons. The van der Waals surface area contributed by atoms with E-state index >= 15 is 0 Å². The van der Waals surface area contributed by atoms with Crippen LogP contribution < -0.4 is 5.56 Å². The smallest absolute Gasteiger partial charge is 0.262 e. The highest BCUT2D eigenvalue weighted by atomic mass is 32.2. The summed E-state index contributed by atoms with van der Waals surface area (Å²) in [5, 5.41) is 2.19. The highest BCUT2D eigenvalue weighted by Crippen LogP contribution is 2.37. The number of carbonyl (C=O) groups excluding carboxylic acids is 1. The van der Waals surface area contributed by atoms with Crippen LogP contribution >= 0.6 is 11.8 Å². The van der Waals surface area contributed by atoms with Crippen LogP contribution in [-0.2, 0) is 0 Å². The van der Waals surface area contributed by atoms with E-state index in [1.165, 1.54) is 11.8 Å². The average Bonchev–Trinajstić information content (AvgIpc) is 3.43. The molecule has 0 amide bonds. The predicted molar refractivity (Wildman–Crippen MR) is 108 cm³/mol. The molecule has 1 N–H and O–H groups in total. The minimum atomic E-state index is -0.00913. The lowest BCUT2D eigenvalue weighted by molar-refractivity contribution is 0.102. The number of hydrogen-bond donors (Lipinski definition) is 1. The van der Waals surface area contributed by atoms with Crippen molar-refractivity contribution in [3.8, 4) is 0 Å². The first-order valence-electron chi connectivity index (χ1n) is 8.96. The summed E-state index contributed by atoms with van der Waals surface area (Å²) in [6.45, 7) is 0. The Hall–Kier alpha value is -2.86. The molecule has 2 aromatic carbocycles. The number of rotatable bonds is 5. The van der Waals surface area contributed by atoms with Gasteiger partial charge in [0.1, 0.15) is 0 Å². The molecule has 2 heterocycles. The van der Waals surface area contributed by atoms with Crippen molar-refractivity contribution in [3.05, 3.63) is 70.6 Å². The van der Waals surface area contributed by atoms with Crippen molar-refractivity contribution in [2.24, 2.45) is 0 Å². The van der Waals surface area contributed by atoms with Crippen molar-refractivity contribution in [2.45, 2.75) is 24.0 Å². The standard InChI is InChI=1S/C21H17N3O2S/c25-19(16-11-22-17-7-3-1-5-14(16)17)12-27-21-23-18-8-4-2-6-15(18)20(26)24(21)13-9-10-13/h1-8,11,13,22H,9-10,12H2. The molecule has 0 atom stereocenters. The summed E-state index contributed by atoms with van der Waals surface area (Å²) < 4.78 is 1.77. The molecule has 4 aromatic rings. The fourth-order valence-corrected chi connectivity index (χ4v) is 4.34. The first-order chi connectivity index (χ1) is 13.2. The molecule has 6 heteroatoms. The Bertz CT molecular complexity index is 1240. The number of aromatic nitrogens is 3. The molecule has 5 rings (SSSR count). The van der Waals surface area contributed by atoms with Gasteiger partial charge in [-0.3, -0.25) is 14.2 Å². The van der Waals surface area contributed by atoms with Crippen molar-refractivity contribution in [1.82, 2.24) is 14.5 Å². The largest absolute Gasteiger partial charge is 0.360 e. The van der Waals surface area contributed by atoms with Gasteiger partial charge in [-0.1, -0.05) is 42.1 Å². The molecule has 0 spiro atoms. The van der Waals surface area contributed by atoms with Crippen LogP contribution in [0.3, 0.4) is 0 Å². The predicted octanol–water partition coefficient (Wildman–Crippen LogP) is 4.19. The van der Waals surface area contributed by atoms with Crippen molar-refractivity contribution >= 4 is 39.4 Å². The first-order valence-corrected chi connectivity index (χ1v) is 9.94. The Morgan fingerprint density at radius 3 is 2.67 bits per heavy atom. The summed E-state index contributed by atoms with van der Waals surface area (Å²) in [7, 11) is 0. The summed E-state index contributed by atoms with van der Waals surface area (Å²) in [4.78, 5) is 33.5. The van der Waals surface area contributed by atoms with Gasteiger partial charge in [0.25, 0.3) is 5.56 Å². The van der Waals surface area contributed by atoms with Crippen LogP contribution in [-0.4, -0.2) is 26.1 Å². The minimum absolute atomic E-state index is 0.00913. The van der Waals surface area contributed by atoms with E-state index in [0.717, 1.165) is 23.7 Å². The molecule has 5 nitrogen and oxygen atoms in total. The van der Waals surface area contributed by atoms with Crippen LogP contribution in [0.4, 0.5) is 0 Å². The first kappa shape index (κ1) is 16.3. The number of hydrogen-bond acceptors (Lipinski definition) is 4. The molecule has 0 radical (unpaired) electrons. The third kappa shape index (κ3) is 2.86. The fraction of sp³-hybridized carbons (Fsp3) is 0.190. The maximum absolute atomic E-state index is 12.9. The molecular formula is C21H17N3O2S. The molecule has 2 aromatic heterocycles. The number of H-pyrrole nitrogens is 1. The molecule has 1 aliphatic carbocycles. The van der Waals surface area contributed by atoms with Crippen LogP contribution in [0.1, 0.15) is 29.2 Å². The zero-order chi connectivity index (χ0) is 18.4. The Balaban J connectivity index is 1.49. The lowest BCUT2D eigenvalue weighted by atomic mass is 10.1. The Morgan fingerprint density at radius 1 is 1.11 bits per heavy atom. The normalized spacial score (nSPS) is 14.1. The molecule has 0 unspecified atom stereocenters. The Kier molecular flexibility index (Phi) is 3.86. The maximum Gasteiger partial charge on any atom is 0.262 e. The fourth-order valence-electron chi connectivity index (χ4n) is 3.39. The van der Waals surface area contributed by atoms with Gasteiger partial charge in [-0.25, -0.2) is 4.98 Å². The topological polar surface area (TPSA) is 67.8 Å². The number of aromatic amines is 1. The van der Waals surface area contributed by atoms with Gasteiger partial charge in [0, 0.05) is 28.7 Å².